The van der Waals surface area contributed by atoms with Crippen molar-refractivity contribution in [1.82, 2.24) is 19.0 Å². The smallest absolute Gasteiger partial charge is 0.410 e. The number of aliphatic hydroxyl groups excluding tert-OH is 1. The molecule has 254 valence electrons. The summed E-state index contributed by atoms with van der Waals surface area (Å²) in [6.45, 7) is 10.4. The Labute approximate surface area is 273 Å². The minimum Gasteiger partial charge on any atom is -0.442 e. The van der Waals surface area contributed by atoms with Crippen LogP contribution in [0.5, 0.6) is 0 Å². The van der Waals surface area contributed by atoms with Gasteiger partial charge >= 0.3 is 6.09 Å². The zero-order valence-electron chi connectivity index (χ0n) is 27.8. The number of nitrogens with zero attached hydrogens (tertiary/aromatic N) is 4. The van der Waals surface area contributed by atoms with Crippen molar-refractivity contribution in [2.24, 2.45) is 17.8 Å². The van der Waals surface area contributed by atoms with E-state index < -0.39 is 45.6 Å². The van der Waals surface area contributed by atoms with Gasteiger partial charge in [-0.2, -0.15) is 4.31 Å². The summed E-state index contributed by atoms with van der Waals surface area (Å²) in [4.78, 5) is 45.9. The van der Waals surface area contributed by atoms with Crippen LogP contribution in [0.1, 0.15) is 45.6 Å². The van der Waals surface area contributed by atoms with Gasteiger partial charge in [-0.1, -0.05) is 43.7 Å². The third kappa shape index (κ3) is 9.13. The van der Waals surface area contributed by atoms with E-state index in [2.05, 4.69) is 9.80 Å². The van der Waals surface area contributed by atoms with E-state index in [1.807, 2.05) is 34.0 Å². The van der Waals surface area contributed by atoms with E-state index in [4.69, 9.17) is 4.74 Å². The van der Waals surface area contributed by atoms with E-state index in [9.17, 15) is 27.9 Å². The fraction of sp³-hybridized carbons (Fsp3) is 0.618. The van der Waals surface area contributed by atoms with E-state index >= 15 is 0 Å². The average molecular weight is 659 g/mol. The molecule has 0 saturated carbocycles. The van der Waals surface area contributed by atoms with Crippen LogP contribution in [0.3, 0.4) is 0 Å². The van der Waals surface area contributed by atoms with E-state index in [0.717, 1.165) is 13.1 Å². The lowest BCUT2D eigenvalue weighted by Gasteiger charge is -2.33. The van der Waals surface area contributed by atoms with Crippen molar-refractivity contribution in [3.63, 3.8) is 0 Å². The van der Waals surface area contributed by atoms with E-state index in [1.54, 1.807) is 48.2 Å². The zero-order valence-corrected chi connectivity index (χ0v) is 28.6. The van der Waals surface area contributed by atoms with Gasteiger partial charge in [0.2, 0.25) is 21.6 Å². The van der Waals surface area contributed by atoms with Crippen LogP contribution < -0.4 is 0 Å². The van der Waals surface area contributed by atoms with Crippen LogP contribution in [0.4, 0.5) is 4.79 Å². The Hall–Kier alpha value is -2.90. The Morgan fingerprint density at radius 1 is 0.935 bits per heavy atom. The molecule has 1 amide bonds. The molecule has 3 aliphatic rings. The van der Waals surface area contributed by atoms with Gasteiger partial charge in [0, 0.05) is 58.8 Å². The third-order valence-corrected chi connectivity index (χ3v) is 11.4. The van der Waals surface area contributed by atoms with Crippen molar-refractivity contribution < 1.29 is 32.6 Å². The third-order valence-electron chi connectivity index (χ3n) is 9.47. The Balaban J connectivity index is 1.60. The van der Waals surface area contributed by atoms with Crippen LogP contribution in [0, 0.1) is 17.8 Å². The maximum absolute atomic E-state index is 13.6. The van der Waals surface area contributed by atoms with Crippen LogP contribution >= 0.6 is 0 Å². The summed E-state index contributed by atoms with van der Waals surface area (Å²) in [6.07, 6.45) is 3.95. The van der Waals surface area contributed by atoms with Gasteiger partial charge in [0.1, 0.15) is 6.10 Å². The highest BCUT2D eigenvalue weighted by atomic mass is 32.2. The molecular weight excluding hydrogens is 608 g/mol. The van der Waals surface area contributed by atoms with E-state index in [0.29, 0.717) is 63.2 Å². The molecule has 1 aromatic carbocycles. The zero-order chi connectivity index (χ0) is 33.6. The lowest BCUT2D eigenvalue weighted by atomic mass is 9.80. The summed E-state index contributed by atoms with van der Waals surface area (Å²) in [6, 6.07) is 6.62. The van der Waals surface area contributed by atoms with Gasteiger partial charge in [-0.25, -0.2) is 13.2 Å². The van der Waals surface area contributed by atoms with Crippen LogP contribution in [0.2, 0.25) is 0 Å². The lowest BCUT2D eigenvalue weighted by molar-refractivity contribution is -0.140. The summed E-state index contributed by atoms with van der Waals surface area (Å²) in [5, 5.41) is 10.7. The highest BCUT2D eigenvalue weighted by Crippen LogP contribution is 2.29. The first-order chi connectivity index (χ1) is 21.8. The van der Waals surface area contributed by atoms with Gasteiger partial charge in [0.05, 0.1) is 16.9 Å². The van der Waals surface area contributed by atoms with Crippen LogP contribution in [0.15, 0.2) is 46.9 Å². The quantitative estimate of drug-likeness (QED) is 0.375. The molecule has 2 saturated heterocycles. The van der Waals surface area contributed by atoms with Crippen molar-refractivity contribution in [1.29, 1.82) is 0 Å². The number of amides is 1. The molecule has 2 heterocycles. The van der Waals surface area contributed by atoms with Gasteiger partial charge in [-0.05, 0) is 69.5 Å². The molecule has 2 fully saturated rings. The lowest BCUT2D eigenvalue weighted by Crippen LogP contribution is -2.48. The molecule has 4 rings (SSSR count). The van der Waals surface area contributed by atoms with E-state index in [-0.39, 0.29) is 23.3 Å². The number of hydrogen-bond acceptors (Lipinski definition) is 9. The number of sulfonamides is 1. The molecule has 5 atom stereocenters. The Morgan fingerprint density at radius 2 is 1.57 bits per heavy atom. The van der Waals surface area contributed by atoms with Gasteiger partial charge in [0.15, 0.2) is 0 Å². The molecule has 46 heavy (non-hydrogen) atoms. The van der Waals surface area contributed by atoms with Gasteiger partial charge < -0.3 is 24.5 Å². The number of hydrogen-bond donors (Lipinski definition) is 1. The average Bonchev–Trinajstić information content (AvgIpc) is 3.02. The molecular formula is C34H50N4O7S. The van der Waals surface area contributed by atoms with Crippen LogP contribution in [-0.4, -0.2) is 129 Å². The molecule has 2 aliphatic heterocycles. The number of piperazine rings is 2. The number of Topliss-reactive ketones (excluding diaryl/α,β-unsaturated/α-hetero) is 2. The number of aliphatic hydroxyl groups is 1. The molecule has 0 spiro atoms. The number of carbonyl (C=O) groups excluding carboxylic acids is 3. The molecule has 12 heteroatoms. The molecule has 1 aromatic rings. The summed E-state index contributed by atoms with van der Waals surface area (Å²) < 4.78 is 34.2. The predicted octanol–water partition coefficient (Wildman–Crippen LogP) is 2.91. The van der Waals surface area contributed by atoms with E-state index in [1.165, 1.54) is 4.31 Å². The predicted molar refractivity (Wildman–Crippen MR) is 177 cm³/mol. The summed E-state index contributed by atoms with van der Waals surface area (Å²) in [5.74, 6) is -2.66. The first-order valence-electron chi connectivity index (χ1n) is 16.3. The first kappa shape index (κ1) is 35.9. The van der Waals surface area contributed by atoms with Gasteiger partial charge in [-0.3, -0.25) is 9.59 Å². The largest absolute Gasteiger partial charge is 0.442 e. The number of allylic oxidation sites excluding steroid dienone is 2. The van der Waals surface area contributed by atoms with Crippen LogP contribution in [0.25, 0.3) is 6.08 Å². The molecule has 11 nitrogen and oxygen atoms in total. The monoisotopic (exact) mass is 658 g/mol. The van der Waals surface area contributed by atoms with Crippen molar-refractivity contribution in [3.05, 3.63) is 47.6 Å². The number of ether oxygens (including phenoxy) is 1. The van der Waals surface area contributed by atoms with Gasteiger partial charge in [0.25, 0.3) is 0 Å². The first-order valence-corrected chi connectivity index (χ1v) is 17.7. The maximum atomic E-state index is 13.6. The Morgan fingerprint density at radius 3 is 2.22 bits per heavy atom. The molecule has 0 bridgehead atoms. The molecule has 0 radical (unpaired) electrons. The number of carbonyl (C=O) groups is 3. The second-order valence-electron chi connectivity index (χ2n) is 13.2. The second-order valence-corrected chi connectivity index (χ2v) is 15.2. The highest BCUT2D eigenvalue weighted by molar-refractivity contribution is 7.89. The number of benzene rings is 1. The molecule has 1 N–H and O–H groups in total. The number of rotatable bonds is 5. The maximum Gasteiger partial charge on any atom is 0.410 e. The minimum atomic E-state index is -3.69. The van der Waals surface area contributed by atoms with Gasteiger partial charge in [-0.15, -0.1) is 0 Å². The molecule has 1 aliphatic carbocycles. The standard InChI is InChI=1S/C34H50N4O7S/c1-24-9-11-28(39)23-30(40)33(41)32(25(2)10-12-31(24)45-34(42)37-17-13-35(4)14-18-37)26(3)21-27-7-6-8-29(22-27)46(43,44)38-19-15-36(5)16-20-38/h6-8,10,12,21-22,24-25,28,31-32,39H,9,11,13-20,23H2,1-5H3/b12-10+,26-21+/t24-,25-,28+,31-,32-/m0/s1. The summed E-state index contributed by atoms with van der Waals surface area (Å²) in [7, 11) is 0.282. The SMILES string of the molecule is C/C(=C\c1cccc(S(=O)(=O)N2CCN(C)CC2)c1)[C@H]1C(=O)C(=O)C[C@H](O)CC[C@H](C)[C@@H](OC(=O)N2CCN(C)CC2)/C=C/[C@@H]1C. The second kappa shape index (κ2) is 15.8. The van der Waals surface area contributed by atoms with Crippen LogP contribution in [-0.2, 0) is 24.3 Å². The topological polar surface area (TPSA) is 128 Å². The minimum absolute atomic E-state index is 0.125. The number of likely N-dealkylation sites (N-methyl/N-ethyl adjacent to an activating group) is 2. The van der Waals surface area contributed by atoms with Crippen molar-refractivity contribution in [2.45, 2.75) is 57.1 Å². The van der Waals surface area contributed by atoms with Crippen molar-refractivity contribution in [2.75, 3.05) is 66.5 Å². The summed E-state index contributed by atoms with van der Waals surface area (Å²) in [5.41, 5.74) is 1.19. The van der Waals surface area contributed by atoms with Crippen molar-refractivity contribution in [3.8, 4) is 0 Å². The number of ketones is 2. The normalized spacial score (nSPS) is 29.6. The fourth-order valence-corrected chi connectivity index (χ4v) is 7.76. The highest BCUT2D eigenvalue weighted by Gasteiger charge is 2.34. The Bertz CT molecular complexity index is 1410. The summed E-state index contributed by atoms with van der Waals surface area (Å²) >= 11 is 0. The molecule has 0 aromatic heterocycles. The van der Waals surface area contributed by atoms with Crippen molar-refractivity contribution >= 4 is 33.8 Å². The molecule has 0 unspecified atom stereocenters. The fourth-order valence-electron chi connectivity index (χ4n) is 6.29. The Kier molecular flexibility index (Phi) is 12.3.